The van der Waals surface area contributed by atoms with E-state index in [2.05, 4.69) is 10.4 Å². The second-order valence-corrected chi connectivity index (χ2v) is 7.46. The normalized spacial score (nSPS) is 10.9. The van der Waals surface area contributed by atoms with Crippen molar-refractivity contribution in [2.45, 2.75) is 13.0 Å². The number of carbonyl (C=O) groups excluding carboxylic acids is 1. The summed E-state index contributed by atoms with van der Waals surface area (Å²) in [6, 6.07) is 12.5. The summed E-state index contributed by atoms with van der Waals surface area (Å²) in [7, 11) is 3.88. The van der Waals surface area contributed by atoms with Crippen molar-refractivity contribution in [3.8, 4) is 11.3 Å². The van der Waals surface area contributed by atoms with Gasteiger partial charge in [-0.2, -0.15) is 5.10 Å². The number of carbonyl (C=O) groups is 1. The van der Waals surface area contributed by atoms with E-state index in [-0.39, 0.29) is 17.8 Å². The fourth-order valence-electron chi connectivity index (χ4n) is 3.02. The Morgan fingerprint density at radius 3 is 2.72 bits per heavy atom. The van der Waals surface area contributed by atoms with Gasteiger partial charge in [0, 0.05) is 23.9 Å². The summed E-state index contributed by atoms with van der Waals surface area (Å²) in [6.07, 6.45) is 0.150. The Bertz CT molecular complexity index is 1150. The number of benzene rings is 2. The topological polar surface area (TPSA) is 76.5 Å². The van der Waals surface area contributed by atoms with Gasteiger partial charge in [-0.1, -0.05) is 12.1 Å². The monoisotopic (exact) mass is 442 g/mol. The molecule has 0 saturated carbocycles. The van der Waals surface area contributed by atoms with Crippen LogP contribution >= 0.6 is 0 Å². The van der Waals surface area contributed by atoms with Crippen LogP contribution in [-0.4, -0.2) is 48.0 Å². The minimum Gasteiger partial charge on any atom is -0.449 e. The number of nitrogens with zero attached hydrogens (tertiary/aromatic N) is 3. The molecule has 9 heteroatoms. The van der Waals surface area contributed by atoms with Crippen LogP contribution in [0.3, 0.4) is 0 Å². The molecule has 1 N–H and O–H groups in total. The first kappa shape index (κ1) is 23.1. The number of hydrogen-bond acceptors (Lipinski definition) is 5. The predicted octanol–water partition coefficient (Wildman–Crippen LogP) is 3.74. The van der Waals surface area contributed by atoms with E-state index in [1.165, 1.54) is 12.1 Å². The van der Waals surface area contributed by atoms with Crippen LogP contribution in [0.2, 0.25) is 0 Å². The largest absolute Gasteiger partial charge is 0.449 e. The van der Waals surface area contributed by atoms with Gasteiger partial charge in [0.15, 0.2) is 0 Å². The van der Waals surface area contributed by atoms with Gasteiger partial charge in [0.25, 0.3) is 5.56 Å². The summed E-state index contributed by atoms with van der Waals surface area (Å²) in [5.74, 6) is -1.24. The fraction of sp³-hybridized carbons (Fsp3) is 0.261. The van der Waals surface area contributed by atoms with E-state index in [0.29, 0.717) is 17.9 Å². The van der Waals surface area contributed by atoms with Crippen LogP contribution in [0.15, 0.2) is 59.4 Å². The number of anilines is 1. The van der Waals surface area contributed by atoms with Crippen LogP contribution in [0.5, 0.6) is 0 Å². The van der Waals surface area contributed by atoms with Crippen LogP contribution in [0.4, 0.5) is 19.3 Å². The molecule has 0 spiro atoms. The molecule has 1 amide bonds. The third-order valence-corrected chi connectivity index (χ3v) is 4.56. The van der Waals surface area contributed by atoms with Crippen LogP contribution in [0, 0.1) is 11.6 Å². The number of ether oxygens (including phenoxy) is 1. The van der Waals surface area contributed by atoms with Gasteiger partial charge in [0.05, 0.1) is 18.8 Å². The zero-order valence-corrected chi connectivity index (χ0v) is 17.8. The SMILES string of the molecule is CN(C)CCCOC(=O)Nc1cccc(Cn2nc(-c3cc(F)ccc3F)ccc2=O)c1. The molecule has 2 aromatic carbocycles. The molecular weight excluding hydrogens is 418 g/mol. The first-order valence-electron chi connectivity index (χ1n) is 10.0. The maximum atomic E-state index is 14.1. The molecule has 7 nitrogen and oxygen atoms in total. The first-order chi connectivity index (χ1) is 15.3. The second kappa shape index (κ2) is 10.6. The Morgan fingerprint density at radius 2 is 1.94 bits per heavy atom. The van der Waals surface area contributed by atoms with Gasteiger partial charge in [-0.3, -0.25) is 10.1 Å². The highest BCUT2D eigenvalue weighted by molar-refractivity contribution is 5.84. The smallest absolute Gasteiger partial charge is 0.411 e. The van der Waals surface area contributed by atoms with Crippen molar-refractivity contribution < 1.29 is 18.3 Å². The zero-order valence-electron chi connectivity index (χ0n) is 17.8. The van der Waals surface area contributed by atoms with E-state index in [1.54, 1.807) is 24.3 Å². The van der Waals surface area contributed by atoms with Crippen molar-refractivity contribution in [1.29, 1.82) is 0 Å². The highest BCUT2D eigenvalue weighted by Gasteiger charge is 2.11. The number of rotatable bonds is 8. The summed E-state index contributed by atoms with van der Waals surface area (Å²) in [4.78, 5) is 26.2. The zero-order chi connectivity index (χ0) is 23.1. The fourth-order valence-corrected chi connectivity index (χ4v) is 3.02. The standard InChI is InChI=1S/C23H24F2N4O3/c1-28(2)11-4-12-32-23(31)26-18-6-3-5-16(13-18)15-29-22(30)10-9-21(27-29)19-14-17(24)7-8-20(19)25/h3,5-10,13-14H,4,11-12,15H2,1-2H3,(H,26,31). The number of hydrogen-bond donors (Lipinski definition) is 1. The number of halogens is 2. The molecule has 0 radical (unpaired) electrons. The van der Waals surface area contributed by atoms with Gasteiger partial charge in [0.1, 0.15) is 11.6 Å². The third kappa shape index (κ3) is 6.45. The number of aromatic nitrogens is 2. The summed E-state index contributed by atoms with van der Waals surface area (Å²) in [6.45, 7) is 1.19. The molecule has 168 valence electrons. The lowest BCUT2D eigenvalue weighted by Gasteiger charge is -2.11. The molecule has 3 rings (SSSR count). The van der Waals surface area contributed by atoms with E-state index >= 15 is 0 Å². The van der Waals surface area contributed by atoms with E-state index < -0.39 is 23.3 Å². The van der Waals surface area contributed by atoms with Crippen molar-refractivity contribution >= 4 is 11.8 Å². The Kier molecular flexibility index (Phi) is 7.67. The Morgan fingerprint density at radius 1 is 1.12 bits per heavy atom. The molecule has 0 aliphatic heterocycles. The quantitative estimate of drug-likeness (QED) is 0.538. The minimum atomic E-state index is -0.639. The molecular formula is C23H24F2N4O3. The molecule has 0 saturated heterocycles. The maximum absolute atomic E-state index is 14.1. The average molecular weight is 442 g/mol. The summed E-state index contributed by atoms with van der Waals surface area (Å²) in [5.41, 5.74) is 0.884. The highest BCUT2D eigenvalue weighted by atomic mass is 19.1. The van der Waals surface area contributed by atoms with E-state index in [1.807, 2.05) is 19.0 Å². The van der Waals surface area contributed by atoms with Crippen molar-refractivity contribution in [2.24, 2.45) is 0 Å². The highest BCUT2D eigenvalue weighted by Crippen LogP contribution is 2.21. The first-order valence-corrected chi connectivity index (χ1v) is 10.0. The van der Waals surface area contributed by atoms with E-state index in [9.17, 15) is 18.4 Å². The lowest BCUT2D eigenvalue weighted by atomic mass is 10.1. The minimum absolute atomic E-state index is 0.0359. The van der Waals surface area contributed by atoms with Gasteiger partial charge in [-0.25, -0.2) is 18.3 Å². The van der Waals surface area contributed by atoms with Crippen molar-refractivity contribution in [1.82, 2.24) is 14.7 Å². The predicted molar refractivity (Wildman–Crippen MR) is 118 cm³/mol. The summed E-state index contributed by atoms with van der Waals surface area (Å²) in [5, 5.41) is 6.82. The molecule has 1 aromatic heterocycles. The second-order valence-electron chi connectivity index (χ2n) is 7.46. The van der Waals surface area contributed by atoms with Gasteiger partial charge in [-0.05, 0) is 62.5 Å². The van der Waals surface area contributed by atoms with Crippen molar-refractivity contribution in [2.75, 3.05) is 32.6 Å². The Balaban J connectivity index is 1.71. The summed E-state index contributed by atoms with van der Waals surface area (Å²) >= 11 is 0. The van der Waals surface area contributed by atoms with Crippen molar-refractivity contribution in [3.63, 3.8) is 0 Å². The average Bonchev–Trinajstić information content (AvgIpc) is 2.75. The maximum Gasteiger partial charge on any atom is 0.411 e. The lowest BCUT2D eigenvalue weighted by Crippen LogP contribution is -2.23. The molecule has 0 aliphatic rings. The Hall–Kier alpha value is -3.59. The number of amides is 1. The molecule has 0 fully saturated rings. The van der Waals surface area contributed by atoms with Crippen LogP contribution < -0.4 is 10.9 Å². The van der Waals surface area contributed by atoms with Crippen LogP contribution in [0.1, 0.15) is 12.0 Å². The van der Waals surface area contributed by atoms with Gasteiger partial charge < -0.3 is 9.64 Å². The lowest BCUT2D eigenvalue weighted by molar-refractivity contribution is 0.156. The molecule has 32 heavy (non-hydrogen) atoms. The molecule has 1 heterocycles. The molecule has 0 bridgehead atoms. The number of nitrogens with one attached hydrogen (secondary N) is 1. The van der Waals surface area contributed by atoms with Crippen molar-refractivity contribution in [3.05, 3.63) is 82.1 Å². The van der Waals surface area contributed by atoms with Crippen LogP contribution in [-0.2, 0) is 11.3 Å². The Labute approximate surface area is 184 Å². The van der Waals surface area contributed by atoms with Gasteiger partial charge in [-0.15, -0.1) is 0 Å². The molecule has 0 aliphatic carbocycles. The molecule has 0 unspecified atom stereocenters. The van der Waals surface area contributed by atoms with Crippen LogP contribution in [0.25, 0.3) is 11.3 Å². The third-order valence-electron chi connectivity index (χ3n) is 4.56. The van der Waals surface area contributed by atoms with Gasteiger partial charge in [0.2, 0.25) is 0 Å². The molecule has 0 atom stereocenters. The van der Waals surface area contributed by atoms with Gasteiger partial charge >= 0.3 is 6.09 Å². The molecule has 3 aromatic rings. The van der Waals surface area contributed by atoms with E-state index in [4.69, 9.17) is 4.74 Å². The van der Waals surface area contributed by atoms with E-state index in [0.717, 1.165) is 35.8 Å². The summed E-state index contributed by atoms with van der Waals surface area (Å²) < 4.78 is 33.9.